The third kappa shape index (κ3) is 7.03. The highest BCUT2D eigenvalue weighted by atomic mass is 32.2. The Bertz CT molecular complexity index is 1110. The molecule has 2 saturated carbocycles. The molecule has 2 aliphatic carbocycles. The van der Waals surface area contributed by atoms with E-state index < -0.39 is 0 Å². The van der Waals surface area contributed by atoms with Crippen LogP contribution in [-0.2, 0) is 0 Å². The first-order valence-corrected chi connectivity index (χ1v) is 15.1. The topological polar surface area (TPSA) is 70.4 Å². The number of hydrogen-bond acceptors (Lipinski definition) is 6. The minimum atomic E-state index is 0.0117. The van der Waals surface area contributed by atoms with Crippen molar-refractivity contribution in [2.45, 2.75) is 74.9 Å². The van der Waals surface area contributed by atoms with Crippen molar-refractivity contribution in [2.75, 3.05) is 18.8 Å². The number of carbonyl (C=O) groups is 1. The van der Waals surface area contributed by atoms with Crippen molar-refractivity contribution in [2.24, 2.45) is 5.92 Å². The van der Waals surface area contributed by atoms with E-state index in [1.54, 1.807) is 23.3 Å². The molecule has 1 amide bonds. The number of amides is 1. The number of rotatable bonds is 12. The number of hydrogen-bond donors (Lipinski definition) is 3. The molecule has 1 aromatic heterocycles. The Balaban J connectivity index is 1.16. The van der Waals surface area contributed by atoms with E-state index in [2.05, 4.69) is 39.2 Å². The predicted molar refractivity (Wildman–Crippen MR) is 153 cm³/mol. The molecule has 1 heterocycles. The van der Waals surface area contributed by atoms with Crippen LogP contribution < -0.4 is 16.4 Å². The van der Waals surface area contributed by atoms with Crippen molar-refractivity contribution in [3.05, 3.63) is 59.5 Å². The number of carbonyl (C=O) groups excluding carboxylic acids is 1. The van der Waals surface area contributed by atoms with Gasteiger partial charge >= 0.3 is 0 Å². The zero-order valence-electron chi connectivity index (χ0n) is 21.0. The highest BCUT2D eigenvalue weighted by Gasteiger charge is 2.30. The van der Waals surface area contributed by atoms with Crippen molar-refractivity contribution in [1.29, 1.82) is 0 Å². The molecule has 0 radical (unpaired) electrons. The van der Waals surface area contributed by atoms with E-state index in [9.17, 15) is 4.79 Å². The van der Waals surface area contributed by atoms with Gasteiger partial charge in [-0.3, -0.25) is 10.1 Å². The number of nitrogens with zero attached hydrogens (tertiary/aromatic N) is 1. The molecule has 5 nitrogen and oxygen atoms in total. The van der Waals surface area contributed by atoms with Gasteiger partial charge in [0, 0.05) is 27.9 Å². The Morgan fingerprint density at radius 1 is 1.06 bits per heavy atom. The molecule has 2 aliphatic rings. The molecular formula is C29H38N4OS2. The molecule has 0 spiro atoms. The van der Waals surface area contributed by atoms with Crippen LogP contribution in [0.2, 0.25) is 0 Å². The molecule has 3 aromatic rings. The summed E-state index contributed by atoms with van der Waals surface area (Å²) in [5.74, 6) is 0.734. The van der Waals surface area contributed by atoms with E-state index in [-0.39, 0.29) is 12.1 Å². The van der Waals surface area contributed by atoms with Gasteiger partial charge in [-0.1, -0.05) is 62.4 Å². The molecular weight excluding hydrogens is 484 g/mol. The number of nitrogens with one attached hydrogen (secondary N) is 2. The maximum Gasteiger partial charge on any atom is 0.262 e. The van der Waals surface area contributed by atoms with Gasteiger partial charge in [-0.25, -0.2) is 4.31 Å². The number of thiophene rings is 1. The highest BCUT2D eigenvalue weighted by Crippen LogP contribution is 2.37. The zero-order valence-corrected chi connectivity index (χ0v) is 22.6. The van der Waals surface area contributed by atoms with E-state index in [0.717, 1.165) is 51.5 Å². The molecule has 1 atom stereocenters. The van der Waals surface area contributed by atoms with E-state index >= 15 is 0 Å². The fourth-order valence-electron chi connectivity index (χ4n) is 5.14. The summed E-state index contributed by atoms with van der Waals surface area (Å²) in [5.41, 5.74) is 7.04. The highest BCUT2D eigenvalue weighted by molar-refractivity contribution is 7.97. The number of benzene rings is 2. The Labute approximate surface area is 223 Å². The zero-order chi connectivity index (χ0) is 24.7. The monoisotopic (exact) mass is 522 g/mol. The number of nitrogens with two attached hydrogens (primary N) is 1. The van der Waals surface area contributed by atoms with Gasteiger partial charge in [0.1, 0.15) is 0 Å². The molecule has 36 heavy (non-hydrogen) atoms. The third-order valence-corrected chi connectivity index (χ3v) is 9.68. The Morgan fingerprint density at radius 3 is 2.61 bits per heavy atom. The lowest BCUT2D eigenvalue weighted by Gasteiger charge is -2.28. The number of para-hydroxylation sites is 1. The summed E-state index contributed by atoms with van der Waals surface area (Å²) < 4.78 is 3.66. The Kier molecular flexibility index (Phi) is 8.85. The van der Waals surface area contributed by atoms with Gasteiger partial charge in [0.2, 0.25) is 0 Å². The van der Waals surface area contributed by atoms with Gasteiger partial charge in [0.15, 0.2) is 0 Å². The van der Waals surface area contributed by atoms with Crippen LogP contribution in [0.25, 0.3) is 10.1 Å². The first kappa shape index (κ1) is 25.6. The number of anilines is 1. The summed E-state index contributed by atoms with van der Waals surface area (Å²) in [6.45, 7) is 1.90. The fraction of sp³-hybridized carbons (Fsp3) is 0.483. The van der Waals surface area contributed by atoms with Gasteiger partial charge in [0.05, 0.1) is 11.0 Å². The summed E-state index contributed by atoms with van der Waals surface area (Å²) in [6, 6.07) is 19.0. The van der Waals surface area contributed by atoms with Crippen LogP contribution in [-0.4, -0.2) is 35.5 Å². The van der Waals surface area contributed by atoms with Gasteiger partial charge in [-0.15, -0.1) is 11.3 Å². The molecule has 0 aliphatic heterocycles. The summed E-state index contributed by atoms with van der Waals surface area (Å²) in [5, 5.41) is 8.18. The Hall–Kier alpha value is -2.06. The SMILES string of the molecule is Nc1ccccc1SN(CCCNC(CC1CCCCC1)NC(=O)c1cc2ccccc2s1)C1CC1. The van der Waals surface area contributed by atoms with Crippen molar-refractivity contribution in [3.8, 4) is 0 Å². The van der Waals surface area contributed by atoms with Gasteiger partial charge in [-0.2, -0.15) is 0 Å². The molecule has 0 saturated heterocycles. The summed E-state index contributed by atoms with van der Waals surface area (Å²) in [4.78, 5) is 15.1. The van der Waals surface area contributed by atoms with E-state index in [0.29, 0.717) is 12.0 Å². The van der Waals surface area contributed by atoms with E-state index in [1.807, 2.05) is 30.3 Å². The maximum atomic E-state index is 13.2. The largest absolute Gasteiger partial charge is 0.398 e. The third-order valence-electron chi connectivity index (χ3n) is 7.28. The molecule has 5 rings (SSSR count). The average molecular weight is 523 g/mol. The Morgan fingerprint density at radius 2 is 1.83 bits per heavy atom. The minimum Gasteiger partial charge on any atom is -0.398 e. The quantitative estimate of drug-likeness (QED) is 0.107. The molecule has 0 bridgehead atoms. The lowest BCUT2D eigenvalue weighted by atomic mass is 9.86. The maximum absolute atomic E-state index is 13.2. The van der Waals surface area contributed by atoms with Gasteiger partial charge in [-0.05, 0) is 79.7 Å². The summed E-state index contributed by atoms with van der Waals surface area (Å²) in [7, 11) is 0. The second-order valence-electron chi connectivity index (χ2n) is 10.2. The summed E-state index contributed by atoms with van der Waals surface area (Å²) in [6.07, 6.45) is 11.1. The molecule has 1 unspecified atom stereocenters. The second-order valence-corrected chi connectivity index (χ2v) is 12.4. The first-order chi connectivity index (χ1) is 17.7. The predicted octanol–water partition coefficient (Wildman–Crippen LogP) is 6.66. The molecule has 2 aromatic carbocycles. The fourth-order valence-corrected chi connectivity index (χ4v) is 7.25. The van der Waals surface area contributed by atoms with Gasteiger partial charge in [0.25, 0.3) is 5.91 Å². The average Bonchev–Trinajstić information content (AvgIpc) is 3.65. The molecule has 192 valence electrons. The van der Waals surface area contributed by atoms with Crippen LogP contribution in [0.4, 0.5) is 5.69 Å². The van der Waals surface area contributed by atoms with E-state index in [1.165, 1.54) is 44.9 Å². The number of nitrogen functional groups attached to an aromatic ring is 1. The molecule has 2 fully saturated rings. The van der Waals surface area contributed by atoms with Crippen LogP contribution >= 0.6 is 23.3 Å². The van der Waals surface area contributed by atoms with Crippen molar-refractivity contribution < 1.29 is 4.79 Å². The minimum absolute atomic E-state index is 0.0117. The van der Waals surface area contributed by atoms with Gasteiger partial charge < -0.3 is 11.1 Å². The summed E-state index contributed by atoms with van der Waals surface area (Å²) >= 11 is 3.37. The van der Waals surface area contributed by atoms with Crippen LogP contribution in [0.3, 0.4) is 0 Å². The van der Waals surface area contributed by atoms with Crippen LogP contribution in [0.1, 0.15) is 67.5 Å². The van der Waals surface area contributed by atoms with Crippen molar-refractivity contribution in [1.82, 2.24) is 14.9 Å². The van der Waals surface area contributed by atoms with E-state index in [4.69, 9.17) is 5.73 Å². The lowest BCUT2D eigenvalue weighted by molar-refractivity contribution is 0.0923. The van der Waals surface area contributed by atoms with Crippen LogP contribution in [0.15, 0.2) is 59.5 Å². The standard InChI is InChI=1S/C29H38N4OS2/c30-24-12-5-7-14-26(24)36-33(23-15-16-23)18-8-17-31-28(19-21-9-2-1-3-10-21)32-29(34)27-20-22-11-4-6-13-25(22)35-27/h4-7,11-14,20-21,23,28,31H,1-3,8-10,15-19,30H2,(H,32,34). The smallest absolute Gasteiger partial charge is 0.262 e. The normalized spacial score (nSPS) is 17.5. The first-order valence-electron chi connectivity index (χ1n) is 13.5. The number of fused-ring (bicyclic) bond motifs is 1. The molecule has 4 N–H and O–H groups in total. The van der Waals surface area contributed by atoms with Crippen molar-refractivity contribution >= 4 is 45.0 Å². The molecule has 7 heteroatoms. The van der Waals surface area contributed by atoms with Crippen molar-refractivity contribution in [3.63, 3.8) is 0 Å². The van der Waals surface area contributed by atoms with Crippen LogP contribution in [0.5, 0.6) is 0 Å². The second kappa shape index (κ2) is 12.5. The van der Waals surface area contributed by atoms with Crippen LogP contribution in [0, 0.1) is 5.92 Å². The lowest BCUT2D eigenvalue weighted by Crippen LogP contribution is -2.47.